The summed E-state index contributed by atoms with van der Waals surface area (Å²) < 4.78 is 31.1. The number of hydrogen-bond acceptors (Lipinski definition) is 4. The first-order chi connectivity index (χ1) is 12.1. The van der Waals surface area contributed by atoms with Gasteiger partial charge in [0.15, 0.2) is 6.61 Å². The molecule has 26 heavy (non-hydrogen) atoms. The van der Waals surface area contributed by atoms with Crippen molar-refractivity contribution in [2.24, 2.45) is 0 Å². The normalized spacial score (nSPS) is 11.5. The van der Waals surface area contributed by atoms with Crippen molar-refractivity contribution in [2.45, 2.75) is 25.7 Å². The number of nitrogens with zero attached hydrogens (tertiary/aromatic N) is 1. The molecule has 0 aromatic heterocycles. The highest BCUT2D eigenvalue weighted by Crippen LogP contribution is 2.22. The molecule has 0 radical (unpaired) electrons. The van der Waals surface area contributed by atoms with Crippen LogP contribution in [0.3, 0.4) is 0 Å². The largest absolute Gasteiger partial charge is 0.484 e. The second-order valence-corrected chi connectivity index (χ2v) is 8.50. The summed E-state index contributed by atoms with van der Waals surface area (Å²) in [7, 11) is -0.639. The van der Waals surface area contributed by atoms with Gasteiger partial charge in [0, 0.05) is 19.8 Å². The maximum Gasteiger partial charge on any atom is 0.262 e. The number of hydrogen-bond donors (Lipinski definition) is 1. The summed E-state index contributed by atoms with van der Waals surface area (Å²) in [4.78, 5) is 12.3. The van der Waals surface area contributed by atoms with Crippen LogP contribution in [0.25, 0.3) is 0 Å². The van der Waals surface area contributed by atoms with Crippen LogP contribution in [-0.2, 0) is 14.8 Å². The number of rotatable bonds is 6. The van der Waals surface area contributed by atoms with Crippen LogP contribution in [0.2, 0.25) is 0 Å². The molecule has 0 saturated heterocycles. The first-order valence-corrected chi connectivity index (χ1v) is 9.58. The Morgan fingerprint density at radius 3 is 2.27 bits per heavy atom. The van der Waals surface area contributed by atoms with Crippen LogP contribution in [0, 0.1) is 20.8 Å². The first-order valence-electron chi connectivity index (χ1n) is 8.14. The van der Waals surface area contributed by atoms with Crippen LogP contribution in [0.4, 0.5) is 5.69 Å². The number of anilines is 1. The van der Waals surface area contributed by atoms with Crippen LogP contribution in [0.1, 0.15) is 16.7 Å². The van der Waals surface area contributed by atoms with Crippen molar-refractivity contribution in [1.82, 2.24) is 4.31 Å². The molecule has 0 saturated carbocycles. The molecule has 0 spiro atoms. The number of carbonyl (C=O) groups excluding carboxylic acids is 1. The van der Waals surface area contributed by atoms with E-state index in [-0.39, 0.29) is 17.4 Å². The lowest BCUT2D eigenvalue weighted by Crippen LogP contribution is -2.23. The van der Waals surface area contributed by atoms with Crippen molar-refractivity contribution in [3.8, 4) is 5.75 Å². The number of benzene rings is 2. The van der Waals surface area contributed by atoms with Gasteiger partial charge in [-0.3, -0.25) is 4.79 Å². The predicted molar refractivity (Wildman–Crippen MR) is 102 cm³/mol. The lowest BCUT2D eigenvalue weighted by Gasteiger charge is -2.14. The maximum absolute atomic E-state index is 12.2. The third kappa shape index (κ3) is 4.62. The lowest BCUT2D eigenvalue weighted by molar-refractivity contribution is -0.118. The summed E-state index contributed by atoms with van der Waals surface area (Å²) in [5.74, 6) is 0.259. The average Bonchev–Trinajstić information content (AvgIpc) is 2.57. The molecule has 7 heteroatoms. The van der Waals surface area contributed by atoms with Crippen molar-refractivity contribution < 1.29 is 17.9 Å². The average molecular weight is 376 g/mol. The van der Waals surface area contributed by atoms with Gasteiger partial charge in [-0.2, -0.15) is 0 Å². The lowest BCUT2D eigenvalue weighted by atomic mass is 10.1. The number of carbonyl (C=O) groups is 1. The van der Waals surface area contributed by atoms with E-state index in [9.17, 15) is 13.2 Å². The molecule has 2 aromatic carbocycles. The standard InChI is InChI=1S/C19H24N2O4S/c1-13-6-8-16(10-15(13)3)25-12-19(22)20-18-11-17(9-7-14(18)2)26(23,24)21(4)5/h6-11H,12H2,1-5H3,(H,20,22). The minimum atomic E-state index is -3.57. The van der Waals surface area contributed by atoms with Crippen LogP contribution < -0.4 is 10.1 Å². The molecule has 6 nitrogen and oxygen atoms in total. The summed E-state index contributed by atoms with van der Waals surface area (Å²) in [6.07, 6.45) is 0. The molecule has 2 aromatic rings. The molecule has 0 unspecified atom stereocenters. The molecule has 0 heterocycles. The fourth-order valence-corrected chi connectivity index (χ4v) is 3.17. The molecular weight excluding hydrogens is 352 g/mol. The molecule has 0 aliphatic heterocycles. The van der Waals surface area contributed by atoms with Crippen LogP contribution in [0.15, 0.2) is 41.3 Å². The highest BCUT2D eigenvalue weighted by atomic mass is 32.2. The predicted octanol–water partition coefficient (Wildman–Crippen LogP) is 2.88. The number of aryl methyl sites for hydroxylation is 3. The number of ether oxygens (including phenoxy) is 1. The smallest absolute Gasteiger partial charge is 0.262 e. The van der Waals surface area contributed by atoms with Gasteiger partial charge in [-0.05, 0) is 61.7 Å². The fourth-order valence-electron chi connectivity index (χ4n) is 2.25. The Labute approximate surface area is 154 Å². The highest BCUT2D eigenvalue weighted by Gasteiger charge is 2.18. The molecule has 2 rings (SSSR count). The number of sulfonamides is 1. The van der Waals surface area contributed by atoms with Gasteiger partial charge >= 0.3 is 0 Å². The van der Waals surface area contributed by atoms with E-state index < -0.39 is 10.0 Å². The third-order valence-electron chi connectivity index (χ3n) is 4.11. The zero-order chi connectivity index (χ0) is 19.5. The van der Waals surface area contributed by atoms with E-state index in [2.05, 4.69) is 5.32 Å². The zero-order valence-electron chi connectivity index (χ0n) is 15.7. The SMILES string of the molecule is Cc1ccc(OCC(=O)Nc2cc(S(=O)(=O)N(C)C)ccc2C)cc1C. The molecule has 0 bridgehead atoms. The summed E-state index contributed by atoms with van der Waals surface area (Å²) in [6.45, 7) is 5.62. The Hall–Kier alpha value is -2.38. The Morgan fingerprint density at radius 1 is 1.00 bits per heavy atom. The van der Waals surface area contributed by atoms with Gasteiger partial charge in [-0.25, -0.2) is 12.7 Å². The summed E-state index contributed by atoms with van der Waals surface area (Å²) in [6, 6.07) is 10.3. The quantitative estimate of drug-likeness (QED) is 0.841. The summed E-state index contributed by atoms with van der Waals surface area (Å²) in [5, 5.41) is 2.71. The summed E-state index contributed by atoms with van der Waals surface area (Å²) in [5.41, 5.74) is 3.44. The van der Waals surface area contributed by atoms with Crippen molar-refractivity contribution in [1.29, 1.82) is 0 Å². The van der Waals surface area contributed by atoms with E-state index in [0.29, 0.717) is 11.4 Å². The molecule has 0 fully saturated rings. The highest BCUT2D eigenvalue weighted by molar-refractivity contribution is 7.89. The second kappa shape index (κ2) is 7.88. The Bertz CT molecular complexity index is 921. The molecule has 140 valence electrons. The van der Waals surface area contributed by atoms with Crippen molar-refractivity contribution in [3.63, 3.8) is 0 Å². The van der Waals surface area contributed by atoms with E-state index in [1.54, 1.807) is 13.0 Å². The Morgan fingerprint density at radius 2 is 1.65 bits per heavy atom. The van der Waals surface area contributed by atoms with Gasteiger partial charge in [0.1, 0.15) is 5.75 Å². The fraction of sp³-hybridized carbons (Fsp3) is 0.316. The van der Waals surface area contributed by atoms with Gasteiger partial charge in [-0.1, -0.05) is 12.1 Å². The molecular formula is C19H24N2O4S. The molecule has 0 atom stereocenters. The van der Waals surface area contributed by atoms with E-state index in [0.717, 1.165) is 21.0 Å². The van der Waals surface area contributed by atoms with Crippen LogP contribution in [0.5, 0.6) is 5.75 Å². The Kier molecular flexibility index (Phi) is 6.05. The molecule has 0 aliphatic carbocycles. The number of nitrogens with one attached hydrogen (secondary N) is 1. The number of amides is 1. The van der Waals surface area contributed by atoms with Crippen molar-refractivity contribution in [2.75, 3.05) is 26.0 Å². The summed E-state index contributed by atoms with van der Waals surface area (Å²) >= 11 is 0. The van der Waals surface area contributed by atoms with Crippen LogP contribution >= 0.6 is 0 Å². The third-order valence-corrected chi connectivity index (χ3v) is 5.92. The molecule has 1 N–H and O–H groups in total. The van der Waals surface area contributed by atoms with Gasteiger partial charge in [0.05, 0.1) is 4.90 Å². The van der Waals surface area contributed by atoms with E-state index in [1.165, 1.54) is 26.2 Å². The van der Waals surface area contributed by atoms with E-state index in [4.69, 9.17) is 4.74 Å². The van der Waals surface area contributed by atoms with Crippen molar-refractivity contribution in [3.05, 3.63) is 53.1 Å². The Balaban J connectivity index is 2.10. The minimum absolute atomic E-state index is 0.124. The van der Waals surface area contributed by atoms with E-state index >= 15 is 0 Å². The second-order valence-electron chi connectivity index (χ2n) is 6.35. The topological polar surface area (TPSA) is 75.7 Å². The first kappa shape index (κ1) is 19.9. The molecule has 1 amide bonds. The van der Waals surface area contributed by atoms with E-state index in [1.807, 2.05) is 32.0 Å². The van der Waals surface area contributed by atoms with Gasteiger partial charge in [0.25, 0.3) is 5.91 Å². The maximum atomic E-state index is 12.2. The van der Waals surface area contributed by atoms with Crippen LogP contribution in [-0.4, -0.2) is 39.3 Å². The minimum Gasteiger partial charge on any atom is -0.484 e. The van der Waals surface area contributed by atoms with Gasteiger partial charge in [-0.15, -0.1) is 0 Å². The van der Waals surface area contributed by atoms with Gasteiger partial charge in [0.2, 0.25) is 10.0 Å². The van der Waals surface area contributed by atoms with Crippen molar-refractivity contribution >= 4 is 21.6 Å². The molecule has 0 aliphatic rings. The monoisotopic (exact) mass is 376 g/mol. The zero-order valence-corrected chi connectivity index (χ0v) is 16.5. The van der Waals surface area contributed by atoms with Gasteiger partial charge < -0.3 is 10.1 Å².